The van der Waals surface area contributed by atoms with Gasteiger partial charge in [0.05, 0.1) is 5.56 Å². The van der Waals surface area contributed by atoms with Crippen molar-refractivity contribution in [1.82, 2.24) is 10.1 Å². The van der Waals surface area contributed by atoms with Crippen LogP contribution in [0, 0.1) is 6.92 Å². The van der Waals surface area contributed by atoms with Crippen molar-refractivity contribution in [3.05, 3.63) is 32.3 Å². The topological polar surface area (TPSA) is 93.3 Å². The molecule has 0 saturated heterocycles. The van der Waals surface area contributed by atoms with Crippen LogP contribution in [0.3, 0.4) is 0 Å². The highest BCUT2D eigenvalue weighted by molar-refractivity contribution is 7.12. The van der Waals surface area contributed by atoms with E-state index < -0.39 is 5.97 Å². The van der Waals surface area contributed by atoms with E-state index >= 15 is 0 Å². The SMILES string of the molecule is Cc1sc(CC(=O)C2=C(C(=O)O)CCC2)c(-c2nc(C3CC3)no2)c1C1CC1. The van der Waals surface area contributed by atoms with Crippen LogP contribution in [0.4, 0.5) is 0 Å². The average molecular weight is 398 g/mol. The third kappa shape index (κ3) is 3.11. The first-order valence-corrected chi connectivity index (χ1v) is 10.8. The molecule has 3 aliphatic rings. The Morgan fingerprint density at radius 2 is 1.86 bits per heavy atom. The van der Waals surface area contributed by atoms with Gasteiger partial charge in [-0.2, -0.15) is 4.98 Å². The number of carbonyl (C=O) groups excluding carboxylic acids is 1. The van der Waals surface area contributed by atoms with E-state index in [9.17, 15) is 14.7 Å². The summed E-state index contributed by atoms with van der Waals surface area (Å²) in [6.45, 7) is 2.09. The smallest absolute Gasteiger partial charge is 0.331 e. The maximum atomic E-state index is 13.0. The first kappa shape index (κ1) is 17.8. The van der Waals surface area contributed by atoms with Crippen LogP contribution in [0.25, 0.3) is 11.5 Å². The molecule has 0 bridgehead atoms. The van der Waals surface area contributed by atoms with Gasteiger partial charge in [-0.15, -0.1) is 11.3 Å². The van der Waals surface area contributed by atoms with Gasteiger partial charge in [0.1, 0.15) is 0 Å². The van der Waals surface area contributed by atoms with Crippen LogP contribution in [0.1, 0.15) is 77.9 Å². The van der Waals surface area contributed by atoms with E-state index in [1.807, 2.05) is 0 Å². The zero-order valence-corrected chi connectivity index (χ0v) is 16.6. The highest BCUT2D eigenvalue weighted by Crippen LogP contribution is 2.50. The standard InChI is InChI=1S/C21H22N2O4S/c1-10-17(11-5-6-11)18(20-22-19(23-27-20)12-7-8-12)16(28-10)9-15(24)13-3-2-4-14(13)21(25)26/h11-12H,2-9H2,1H3,(H,25,26). The number of aliphatic carboxylic acids is 1. The minimum atomic E-state index is -0.965. The Bertz CT molecular complexity index is 1010. The number of hydrogen-bond acceptors (Lipinski definition) is 6. The minimum absolute atomic E-state index is 0.0818. The Hall–Kier alpha value is -2.28. The van der Waals surface area contributed by atoms with E-state index in [0.717, 1.165) is 48.4 Å². The Morgan fingerprint density at radius 1 is 1.14 bits per heavy atom. The molecule has 2 saturated carbocycles. The molecule has 2 heterocycles. The third-order valence-electron chi connectivity index (χ3n) is 5.92. The fourth-order valence-electron chi connectivity index (χ4n) is 4.22. The summed E-state index contributed by atoms with van der Waals surface area (Å²) in [6, 6.07) is 0. The van der Waals surface area contributed by atoms with Gasteiger partial charge in [-0.3, -0.25) is 4.79 Å². The predicted molar refractivity (Wildman–Crippen MR) is 104 cm³/mol. The van der Waals surface area contributed by atoms with Gasteiger partial charge in [0.25, 0.3) is 5.89 Å². The van der Waals surface area contributed by atoms with Crippen molar-refractivity contribution in [3.63, 3.8) is 0 Å². The summed E-state index contributed by atoms with van der Waals surface area (Å²) in [5, 5.41) is 13.5. The molecule has 2 aromatic heterocycles. The zero-order valence-electron chi connectivity index (χ0n) is 15.8. The van der Waals surface area contributed by atoms with Crippen LogP contribution >= 0.6 is 11.3 Å². The van der Waals surface area contributed by atoms with Gasteiger partial charge >= 0.3 is 5.97 Å². The number of hydrogen-bond donors (Lipinski definition) is 1. The number of carboxylic acids is 1. The van der Waals surface area contributed by atoms with Crippen LogP contribution in [-0.4, -0.2) is 27.0 Å². The van der Waals surface area contributed by atoms with E-state index in [-0.39, 0.29) is 17.8 Å². The summed E-state index contributed by atoms with van der Waals surface area (Å²) in [4.78, 5) is 31.2. The number of ketones is 1. The van der Waals surface area contributed by atoms with Gasteiger partial charge in [0.2, 0.25) is 0 Å². The molecule has 2 fully saturated rings. The van der Waals surface area contributed by atoms with Crippen molar-refractivity contribution in [3.8, 4) is 11.5 Å². The monoisotopic (exact) mass is 398 g/mol. The molecule has 0 aliphatic heterocycles. The molecule has 0 radical (unpaired) electrons. The lowest BCUT2D eigenvalue weighted by molar-refractivity contribution is -0.133. The first-order valence-electron chi connectivity index (χ1n) is 9.97. The number of aryl methyl sites for hydroxylation is 1. The number of aromatic nitrogens is 2. The number of carboxylic acid groups (broad SMARTS) is 1. The van der Waals surface area contributed by atoms with E-state index in [0.29, 0.717) is 36.1 Å². The number of thiophene rings is 1. The van der Waals surface area contributed by atoms with Crippen LogP contribution in [0.15, 0.2) is 15.7 Å². The van der Waals surface area contributed by atoms with Crippen LogP contribution < -0.4 is 0 Å². The fourth-order valence-corrected chi connectivity index (χ4v) is 5.47. The van der Waals surface area contributed by atoms with Gasteiger partial charge in [-0.25, -0.2) is 4.79 Å². The summed E-state index contributed by atoms with van der Waals surface area (Å²) in [6.07, 6.45) is 6.49. The molecule has 6 nitrogen and oxygen atoms in total. The molecule has 0 aromatic carbocycles. The Kier molecular flexibility index (Phi) is 4.23. The van der Waals surface area contributed by atoms with E-state index in [1.54, 1.807) is 11.3 Å². The van der Waals surface area contributed by atoms with Crippen LogP contribution in [0.5, 0.6) is 0 Å². The maximum Gasteiger partial charge on any atom is 0.331 e. The van der Waals surface area contributed by atoms with E-state index in [1.165, 1.54) is 10.4 Å². The van der Waals surface area contributed by atoms with Crippen molar-refractivity contribution in [1.29, 1.82) is 0 Å². The fraction of sp³-hybridized carbons (Fsp3) is 0.524. The Balaban J connectivity index is 1.52. The second-order valence-electron chi connectivity index (χ2n) is 8.09. The first-order chi connectivity index (χ1) is 13.5. The predicted octanol–water partition coefficient (Wildman–Crippen LogP) is 4.54. The van der Waals surface area contributed by atoms with Gasteiger partial charge in [0, 0.05) is 33.2 Å². The Morgan fingerprint density at radius 3 is 2.54 bits per heavy atom. The second-order valence-corrected chi connectivity index (χ2v) is 9.40. The van der Waals surface area contributed by atoms with Crippen molar-refractivity contribution < 1.29 is 19.2 Å². The molecule has 0 amide bonds. The van der Waals surface area contributed by atoms with Gasteiger partial charge in [-0.05, 0) is 63.4 Å². The molecular formula is C21H22N2O4S. The highest BCUT2D eigenvalue weighted by Gasteiger charge is 2.36. The molecule has 1 N–H and O–H groups in total. The lowest BCUT2D eigenvalue weighted by Gasteiger charge is -2.05. The molecule has 0 spiro atoms. The zero-order chi connectivity index (χ0) is 19.4. The number of allylic oxidation sites excluding steroid dienone is 1. The van der Waals surface area contributed by atoms with Crippen molar-refractivity contribution in [2.45, 2.75) is 70.1 Å². The Labute approximate surface area is 166 Å². The molecule has 3 aliphatic carbocycles. The van der Waals surface area contributed by atoms with Gasteiger partial charge in [-0.1, -0.05) is 5.16 Å². The lowest BCUT2D eigenvalue weighted by Crippen LogP contribution is -2.10. The lowest BCUT2D eigenvalue weighted by atomic mass is 9.98. The molecular weight excluding hydrogens is 376 g/mol. The third-order valence-corrected chi connectivity index (χ3v) is 7.04. The van der Waals surface area contributed by atoms with E-state index in [2.05, 4.69) is 17.1 Å². The van der Waals surface area contributed by atoms with Gasteiger partial charge in [0.15, 0.2) is 11.6 Å². The summed E-state index contributed by atoms with van der Waals surface area (Å²) in [7, 11) is 0. The summed E-state index contributed by atoms with van der Waals surface area (Å²) in [5.74, 6) is 1.16. The summed E-state index contributed by atoms with van der Waals surface area (Å²) in [5.41, 5.74) is 2.96. The number of carbonyl (C=O) groups is 2. The molecule has 5 rings (SSSR count). The molecule has 146 valence electrons. The average Bonchev–Trinajstić information content (AvgIpc) is 3.55. The molecule has 2 aromatic rings. The molecule has 0 unspecified atom stereocenters. The minimum Gasteiger partial charge on any atom is -0.478 e. The van der Waals surface area contributed by atoms with E-state index in [4.69, 9.17) is 4.52 Å². The molecule has 0 atom stereocenters. The van der Waals surface area contributed by atoms with Crippen LogP contribution in [0.2, 0.25) is 0 Å². The largest absolute Gasteiger partial charge is 0.478 e. The van der Waals surface area contributed by atoms with Crippen molar-refractivity contribution in [2.75, 3.05) is 0 Å². The quantitative estimate of drug-likeness (QED) is 0.736. The highest BCUT2D eigenvalue weighted by atomic mass is 32.1. The van der Waals surface area contributed by atoms with Crippen LogP contribution in [-0.2, 0) is 16.0 Å². The van der Waals surface area contributed by atoms with Gasteiger partial charge < -0.3 is 9.63 Å². The number of Topliss-reactive ketones (excluding diaryl/α,β-unsaturated/α-hetero) is 1. The van der Waals surface area contributed by atoms with Crippen molar-refractivity contribution >= 4 is 23.1 Å². The number of nitrogens with zero attached hydrogens (tertiary/aromatic N) is 2. The summed E-state index contributed by atoms with van der Waals surface area (Å²) >= 11 is 1.62. The maximum absolute atomic E-state index is 13.0. The summed E-state index contributed by atoms with van der Waals surface area (Å²) < 4.78 is 5.62. The van der Waals surface area contributed by atoms with Crippen molar-refractivity contribution in [2.24, 2.45) is 0 Å². The molecule has 7 heteroatoms. The molecule has 28 heavy (non-hydrogen) atoms. The number of rotatable bonds is 7. The second kappa shape index (κ2) is 6.65. The normalized spacial score (nSPS) is 19.5.